The molecule has 0 saturated heterocycles. The molecule has 6 nitrogen and oxygen atoms in total. The molecule has 1 saturated carbocycles. The Morgan fingerprint density at radius 3 is 2.39 bits per heavy atom. The molecule has 0 aromatic heterocycles. The van der Waals surface area contributed by atoms with Crippen LogP contribution in [-0.2, 0) is 14.8 Å². The van der Waals surface area contributed by atoms with Gasteiger partial charge in [-0.05, 0) is 55.4 Å². The first-order valence-corrected chi connectivity index (χ1v) is 9.42. The van der Waals surface area contributed by atoms with Crippen LogP contribution >= 0.6 is 0 Å². The smallest absolute Gasteiger partial charge is 0.241 e. The van der Waals surface area contributed by atoms with E-state index in [2.05, 4.69) is 10.0 Å². The number of amides is 1. The Hall–Kier alpha value is -1.44. The number of sulfonamides is 1. The fraction of sp³-hybridized carbons (Fsp3) is 0.562. The molecule has 1 fully saturated rings. The van der Waals surface area contributed by atoms with E-state index < -0.39 is 16.1 Å². The van der Waals surface area contributed by atoms with Crippen LogP contribution in [0.1, 0.15) is 33.1 Å². The molecule has 1 atom stereocenters. The predicted octanol–water partition coefficient (Wildman–Crippen LogP) is 1.69. The molecule has 1 aromatic rings. The van der Waals surface area contributed by atoms with Crippen LogP contribution in [0.3, 0.4) is 0 Å². The zero-order valence-corrected chi connectivity index (χ0v) is 14.4. The van der Waals surface area contributed by atoms with Crippen molar-refractivity contribution < 1.29 is 13.2 Å². The first kappa shape index (κ1) is 17.9. The highest BCUT2D eigenvalue weighted by atomic mass is 32.2. The van der Waals surface area contributed by atoms with Crippen molar-refractivity contribution in [3.8, 4) is 0 Å². The highest BCUT2D eigenvalue weighted by Crippen LogP contribution is 2.28. The van der Waals surface area contributed by atoms with Crippen LogP contribution in [0.15, 0.2) is 29.2 Å². The van der Waals surface area contributed by atoms with E-state index in [1.54, 1.807) is 12.1 Å². The topological polar surface area (TPSA) is 101 Å². The molecule has 0 radical (unpaired) electrons. The van der Waals surface area contributed by atoms with Crippen LogP contribution in [0.25, 0.3) is 0 Å². The van der Waals surface area contributed by atoms with E-state index in [4.69, 9.17) is 5.73 Å². The van der Waals surface area contributed by atoms with Crippen molar-refractivity contribution in [1.29, 1.82) is 0 Å². The number of hydrogen-bond donors (Lipinski definition) is 3. The molecule has 0 bridgehead atoms. The van der Waals surface area contributed by atoms with E-state index in [0.717, 1.165) is 12.8 Å². The Balaban J connectivity index is 1.94. The lowest BCUT2D eigenvalue weighted by Crippen LogP contribution is -2.36. The predicted molar refractivity (Wildman–Crippen MR) is 90.4 cm³/mol. The number of rotatable bonds is 8. The van der Waals surface area contributed by atoms with E-state index in [1.165, 1.54) is 12.1 Å². The zero-order valence-electron chi connectivity index (χ0n) is 13.6. The van der Waals surface area contributed by atoms with E-state index in [-0.39, 0.29) is 10.8 Å². The molecule has 1 amide bonds. The molecule has 23 heavy (non-hydrogen) atoms. The second-order valence-corrected chi connectivity index (χ2v) is 8.31. The van der Waals surface area contributed by atoms with Gasteiger partial charge in [0.15, 0.2) is 0 Å². The Morgan fingerprint density at radius 2 is 1.87 bits per heavy atom. The van der Waals surface area contributed by atoms with Gasteiger partial charge in [0.05, 0.1) is 10.9 Å². The van der Waals surface area contributed by atoms with Crippen molar-refractivity contribution in [2.24, 2.45) is 17.6 Å². The zero-order chi connectivity index (χ0) is 17.0. The first-order chi connectivity index (χ1) is 10.8. The van der Waals surface area contributed by atoms with Crippen molar-refractivity contribution in [2.75, 3.05) is 11.9 Å². The van der Waals surface area contributed by atoms with Gasteiger partial charge in [-0.25, -0.2) is 13.1 Å². The van der Waals surface area contributed by atoms with Gasteiger partial charge in [-0.15, -0.1) is 0 Å². The second-order valence-electron chi connectivity index (χ2n) is 6.54. The van der Waals surface area contributed by atoms with Gasteiger partial charge in [0.1, 0.15) is 0 Å². The van der Waals surface area contributed by atoms with E-state index in [1.807, 2.05) is 13.8 Å². The van der Waals surface area contributed by atoms with Crippen LogP contribution in [0.2, 0.25) is 0 Å². The van der Waals surface area contributed by atoms with Crippen LogP contribution in [0, 0.1) is 11.8 Å². The van der Waals surface area contributed by atoms with Gasteiger partial charge in [-0.3, -0.25) is 4.79 Å². The summed E-state index contributed by atoms with van der Waals surface area (Å²) in [4.78, 5) is 12.1. The maximum Gasteiger partial charge on any atom is 0.241 e. The van der Waals surface area contributed by atoms with Crippen molar-refractivity contribution in [3.63, 3.8) is 0 Å². The summed E-state index contributed by atoms with van der Waals surface area (Å²) in [6.45, 7) is 4.49. The Labute approximate surface area is 137 Å². The van der Waals surface area contributed by atoms with Gasteiger partial charge in [0.25, 0.3) is 0 Å². The van der Waals surface area contributed by atoms with Crippen molar-refractivity contribution >= 4 is 21.6 Å². The minimum atomic E-state index is -3.48. The maximum absolute atomic E-state index is 12.1. The Kier molecular flexibility index (Phi) is 5.78. The molecule has 4 N–H and O–H groups in total. The summed E-state index contributed by atoms with van der Waals surface area (Å²) in [5.41, 5.74) is 6.36. The fourth-order valence-corrected chi connectivity index (χ4v) is 3.32. The van der Waals surface area contributed by atoms with Gasteiger partial charge in [0.2, 0.25) is 15.9 Å². The van der Waals surface area contributed by atoms with E-state index in [0.29, 0.717) is 30.5 Å². The minimum Gasteiger partial charge on any atom is -0.325 e. The normalized spacial score (nSPS) is 16.3. The monoisotopic (exact) mass is 339 g/mol. The number of benzene rings is 1. The van der Waals surface area contributed by atoms with Crippen LogP contribution in [-0.4, -0.2) is 26.9 Å². The third-order valence-electron chi connectivity index (χ3n) is 3.75. The number of nitrogens with two attached hydrogens (primary N) is 1. The van der Waals surface area contributed by atoms with Crippen LogP contribution in [0.5, 0.6) is 0 Å². The Morgan fingerprint density at radius 1 is 1.26 bits per heavy atom. The molecule has 1 aromatic carbocycles. The molecule has 1 aliphatic carbocycles. The molecule has 2 rings (SSSR count). The lowest BCUT2D eigenvalue weighted by molar-refractivity contribution is -0.117. The summed E-state index contributed by atoms with van der Waals surface area (Å²) in [5, 5.41) is 2.71. The van der Waals surface area contributed by atoms with Crippen molar-refractivity contribution in [3.05, 3.63) is 24.3 Å². The standard InChI is InChI=1S/C16H25N3O3S/c1-11(2)9-15(17)16(20)19-13-5-7-14(8-6-13)23(21,22)18-10-12-3-4-12/h5-8,11-12,15,18H,3-4,9-10,17H2,1-2H3,(H,19,20)/t15-/m0/s1. The lowest BCUT2D eigenvalue weighted by atomic mass is 10.0. The highest BCUT2D eigenvalue weighted by Gasteiger charge is 2.24. The SMILES string of the molecule is CC(C)C[C@H](N)C(=O)Nc1ccc(S(=O)(=O)NCC2CC2)cc1. The molecule has 0 unspecified atom stereocenters. The van der Waals surface area contributed by atoms with Gasteiger partial charge < -0.3 is 11.1 Å². The molecule has 1 aliphatic rings. The van der Waals surface area contributed by atoms with Crippen molar-refractivity contribution in [1.82, 2.24) is 4.72 Å². The van der Waals surface area contributed by atoms with Gasteiger partial charge in [-0.2, -0.15) is 0 Å². The summed E-state index contributed by atoms with van der Waals surface area (Å²) in [5.74, 6) is 0.549. The third-order valence-corrected chi connectivity index (χ3v) is 5.19. The first-order valence-electron chi connectivity index (χ1n) is 7.94. The highest BCUT2D eigenvalue weighted by molar-refractivity contribution is 7.89. The average Bonchev–Trinajstić information content (AvgIpc) is 3.29. The summed E-state index contributed by atoms with van der Waals surface area (Å²) in [6, 6.07) is 5.55. The molecular weight excluding hydrogens is 314 g/mol. The number of anilines is 1. The van der Waals surface area contributed by atoms with Gasteiger partial charge in [-0.1, -0.05) is 13.8 Å². The van der Waals surface area contributed by atoms with Crippen LogP contribution in [0.4, 0.5) is 5.69 Å². The molecule has 128 valence electrons. The molecule has 0 aliphatic heterocycles. The van der Waals surface area contributed by atoms with Crippen LogP contribution < -0.4 is 15.8 Å². The summed E-state index contributed by atoms with van der Waals surface area (Å²) in [7, 11) is -3.48. The average molecular weight is 339 g/mol. The maximum atomic E-state index is 12.1. The quantitative estimate of drug-likeness (QED) is 0.671. The molecule has 0 heterocycles. The van der Waals surface area contributed by atoms with Crippen molar-refractivity contribution in [2.45, 2.75) is 44.0 Å². The number of nitrogens with one attached hydrogen (secondary N) is 2. The van der Waals surface area contributed by atoms with Gasteiger partial charge >= 0.3 is 0 Å². The summed E-state index contributed by atoms with van der Waals surface area (Å²) in [6.07, 6.45) is 2.78. The Bertz CT molecular complexity index is 637. The number of carbonyl (C=O) groups excluding carboxylic acids is 1. The third kappa shape index (κ3) is 5.60. The lowest BCUT2D eigenvalue weighted by Gasteiger charge is -2.14. The van der Waals surface area contributed by atoms with E-state index >= 15 is 0 Å². The molecular formula is C16H25N3O3S. The molecule has 7 heteroatoms. The number of carbonyl (C=O) groups is 1. The summed E-state index contributed by atoms with van der Waals surface area (Å²) < 4.78 is 26.8. The number of hydrogen-bond acceptors (Lipinski definition) is 4. The fourth-order valence-electron chi connectivity index (χ4n) is 2.20. The largest absolute Gasteiger partial charge is 0.325 e. The second kappa shape index (κ2) is 7.42. The van der Waals surface area contributed by atoms with Gasteiger partial charge in [0, 0.05) is 12.2 Å². The summed E-state index contributed by atoms with van der Waals surface area (Å²) >= 11 is 0. The minimum absolute atomic E-state index is 0.197. The van der Waals surface area contributed by atoms with E-state index in [9.17, 15) is 13.2 Å². The molecule has 0 spiro atoms.